The first kappa shape index (κ1) is 36.2. The SMILES string of the molecule is CC(C)CC(=O)/C=C(\O)CC(C)C.Cc1[c-]c(-c2nccc3cc(C4CCCCC4)ccc23)c2oc3ccccc3c2c1.[CH3-].[Ir]. The summed E-state index contributed by atoms with van der Waals surface area (Å²) in [5.74, 6) is 1.68. The van der Waals surface area contributed by atoms with Crippen LogP contribution < -0.4 is 0 Å². The van der Waals surface area contributed by atoms with E-state index < -0.39 is 0 Å². The van der Waals surface area contributed by atoms with Crippen LogP contribution in [0, 0.1) is 32.3 Å². The van der Waals surface area contributed by atoms with Crippen LogP contribution in [0.2, 0.25) is 0 Å². The molecule has 0 unspecified atom stereocenters. The van der Waals surface area contributed by atoms with Gasteiger partial charge in [0.15, 0.2) is 5.78 Å². The summed E-state index contributed by atoms with van der Waals surface area (Å²) < 4.78 is 6.29. The van der Waals surface area contributed by atoms with Crippen LogP contribution in [0.25, 0.3) is 44.0 Å². The molecular formula is C40H47IrNO3-2. The third kappa shape index (κ3) is 8.93. The molecule has 1 fully saturated rings. The number of allylic oxidation sites excluding steroid dienone is 2. The van der Waals surface area contributed by atoms with Crippen molar-refractivity contribution in [2.75, 3.05) is 0 Å². The topological polar surface area (TPSA) is 63.3 Å². The van der Waals surface area contributed by atoms with E-state index in [-0.39, 0.29) is 39.1 Å². The van der Waals surface area contributed by atoms with Gasteiger partial charge in [0.05, 0.1) is 11.3 Å². The number of aromatic nitrogens is 1. The number of nitrogens with zero attached hydrogens (tertiary/aromatic N) is 1. The standard InChI is InChI=1S/C28H24NO.C11H20O2.CH3.Ir/c1-18-15-24-23-9-5-6-10-26(23)30-28(24)25(16-18)27-22-12-11-20(17-21(22)13-14-29-27)19-7-3-2-4-8-19;1-8(2)5-10(12)7-11(13)6-9(3)4;;/h5-6,9-15,17,19H,2-4,7-8H2,1H3;7-9,12H,5-6H2,1-4H3;1H3;/q-1;;-1;/b;10-7-;;. The molecule has 0 aliphatic heterocycles. The number of carbonyl (C=O) groups excluding carboxylic acids is 1. The molecule has 4 nitrogen and oxygen atoms in total. The molecule has 6 rings (SSSR count). The Morgan fingerprint density at radius 3 is 2.38 bits per heavy atom. The van der Waals surface area contributed by atoms with Crippen molar-refractivity contribution in [1.82, 2.24) is 4.98 Å². The molecule has 0 atom stereocenters. The maximum absolute atomic E-state index is 11.2. The number of hydrogen-bond donors (Lipinski definition) is 1. The first-order chi connectivity index (χ1) is 20.7. The van der Waals surface area contributed by atoms with Gasteiger partial charge >= 0.3 is 0 Å². The van der Waals surface area contributed by atoms with Crippen LogP contribution in [0.4, 0.5) is 0 Å². The Bertz CT molecular complexity index is 1760. The maximum Gasteiger partial charge on any atom is 0.159 e. The maximum atomic E-state index is 11.2. The van der Waals surface area contributed by atoms with Gasteiger partial charge in [0.1, 0.15) is 5.58 Å². The fraction of sp³-hybridized carbons (Fsp3) is 0.375. The molecule has 0 saturated heterocycles. The largest absolute Gasteiger partial charge is 0.512 e. The van der Waals surface area contributed by atoms with Gasteiger partial charge in [-0.1, -0.05) is 101 Å². The van der Waals surface area contributed by atoms with Crippen molar-refractivity contribution < 1.29 is 34.4 Å². The molecule has 241 valence electrons. The molecule has 1 N–H and O–H groups in total. The van der Waals surface area contributed by atoms with Gasteiger partial charge < -0.3 is 21.9 Å². The number of hydrogen-bond acceptors (Lipinski definition) is 4. The molecule has 5 aromatic rings. The van der Waals surface area contributed by atoms with Crippen LogP contribution in [0.5, 0.6) is 0 Å². The van der Waals surface area contributed by atoms with E-state index in [9.17, 15) is 9.90 Å². The number of ketones is 1. The summed E-state index contributed by atoms with van der Waals surface area (Å²) in [7, 11) is 0. The van der Waals surface area contributed by atoms with Crippen LogP contribution in [0.15, 0.2) is 77.0 Å². The Morgan fingerprint density at radius 1 is 0.956 bits per heavy atom. The molecule has 45 heavy (non-hydrogen) atoms. The number of carbonyl (C=O) groups is 1. The van der Waals surface area contributed by atoms with Gasteiger partial charge in [-0.25, -0.2) is 0 Å². The normalized spacial score (nSPS) is 13.9. The monoisotopic (exact) mass is 782 g/mol. The summed E-state index contributed by atoms with van der Waals surface area (Å²) in [6, 6.07) is 23.0. The van der Waals surface area contributed by atoms with E-state index in [2.05, 4.69) is 55.5 Å². The number of benzene rings is 3. The minimum absolute atomic E-state index is 0. The fourth-order valence-corrected chi connectivity index (χ4v) is 6.28. The average molecular weight is 782 g/mol. The van der Waals surface area contributed by atoms with E-state index >= 15 is 0 Å². The average Bonchev–Trinajstić information content (AvgIpc) is 3.34. The molecule has 0 amide bonds. The summed E-state index contributed by atoms with van der Waals surface area (Å²) in [5, 5.41) is 14.0. The van der Waals surface area contributed by atoms with Crippen LogP contribution in [0.1, 0.15) is 89.7 Å². The number of aliphatic hydroxyl groups is 1. The summed E-state index contributed by atoms with van der Waals surface area (Å²) >= 11 is 0. The molecule has 0 spiro atoms. The van der Waals surface area contributed by atoms with E-state index in [1.54, 1.807) is 0 Å². The Hall–Kier alpha value is -3.27. The number of para-hydroxylation sites is 1. The fourth-order valence-electron chi connectivity index (χ4n) is 6.28. The minimum atomic E-state index is 0. The zero-order valence-corrected chi connectivity index (χ0v) is 30.0. The minimum Gasteiger partial charge on any atom is -0.512 e. The van der Waals surface area contributed by atoms with Gasteiger partial charge in [-0.3, -0.25) is 4.79 Å². The smallest absolute Gasteiger partial charge is 0.159 e. The van der Waals surface area contributed by atoms with Crippen molar-refractivity contribution in [2.45, 2.75) is 85.5 Å². The van der Waals surface area contributed by atoms with Crippen LogP contribution in [-0.4, -0.2) is 15.9 Å². The zero-order chi connectivity index (χ0) is 30.5. The molecule has 1 radical (unpaired) electrons. The molecule has 1 aliphatic carbocycles. The summed E-state index contributed by atoms with van der Waals surface area (Å²) in [6.07, 6.45) is 11.1. The summed E-state index contributed by atoms with van der Waals surface area (Å²) in [6.45, 7) is 10.1. The van der Waals surface area contributed by atoms with Crippen LogP contribution in [0.3, 0.4) is 0 Å². The third-order valence-electron chi connectivity index (χ3n) is 8.20. The van der Waals surface area contributed by atoms with Gasteiger partial charge in [0, 0.05) is 50.6 Å². The van der Waals surface area contributed by atoms with Gasteiger partial charge in [0.2, 0.25) is 0 Å². The Morgan fingerprint density at radius 2 is 1.67 bits per heavy atom. The Kier molecular flexibility index (Phi) is 13.1. The quantitative estimate of drug-likeness (QED) is 0.101. The molecular weight excluding hydrogens is 735 g/mol. The first-order valence-electron chi connectivity index (χ1n) is 15.8. The van der Waals surface area contributed by atoms with Crippen molar-refractivity contribution >= 4 is 38.5 Å². The van der Waals surface area contributed by atoms with Crippen molar-refractivity contribution in [3.63, 3.8) is 0 Å². The molecule has 2 heterocycles. The van der Waals surface area contributed by atoms with E-state index in [4.69, 9.17) is 9.40 Å². The van der Waals surface area contributed by atoms with E-state index in [1.165, 1.54) is 54.5 Å². The molecule has 5 heteroatoms. The number of rotatable bonds is 7. The zero-order valence-electron chi connectivity index (χ0n) is 27.6. The Labute approximate surface area is 282 Å². The molecule has 2 aromatic heterocycles. The second kappa shape index (κ2) is 16.3. The van der Waals surface area contributed by atoms with Gasteiger partial charge in [-0.2, -0.15) is 0 Å². The van der Waals surface area contributed by atoms with Crippen molar-refractivity contribution in [2.24, 2.45) is 11.8 Å². The van der Waals surface area contributed by atoms with E-state index in [1.807, 2.05) is 46.0 Å². The number of furan rings is 1. The predicted molar refractivity (Wildman–Crippen MR) is 185 cm³/mol. The second-order valence-electron chi connectivity index (χ2n) is 12.9. The van der Waals surface area contributed by atoms with Gasteiger partial charge in [0.25, 0.3) is 0 Å². The molecule has 1 saturated carbocycles. The van der Waals surface area contributed by atoms with Crippen LogP contribution >= 0.6 is 0 Å². The Balaban J connectivity index is 0.000000318. The molecule has 0 bridgehead atoms. The van der Waals surface area contributed by atoms with Gasteiger partial charge in [-0.15, -0.1) is 17.7 Å². The second-order valence-corrected chi connectivity index (χ2v) is 12.9. The predicted octanol–water partition coefficient (Wildman–Crippen LogP) is 11.5. The number of pyridine rings is 1. The van der Waals surface area contributed by atoms with E-state index in [0.717, 1.165) is 38.8 Å². The number of aliphatic hydroxyl groups excluding tert-OH is 1. The summed E-state index contributed by atoms with van der Waals surface area (Å²) in [5.41, 5.74) is 6.27. The third-order valence-corrected chi connectivity index (χ3v) is 8.20. The number of fused-ring (bicyclic) bond motifs is 4. The van der Waals surface area contributed by atoms with Crippen molar-refractivity contribution in [3.05, 3.63) is 97.2 Å². The van der Waals surface area contributed by atoms with Gasteiger partial charge in [-0.05, 0) is 64.8 Å². The van der Waals surface area contributed by atoms with Crippen LogP contribution in [-0.2, 0) is 24.9 Å². The molecule has 3 aromatic carbocycles. The molecule has 1 aliphatic rings. The van der Waals surface area contributed by atoms with Crippen molar-refractivity contribution in [1.29, 1.82) is 0 Å². The van der Waals surface area contributed by atoms with E-state index in [0.29, 0.717) is 30.6 Å². The number of aryl methyl sites for hydroxylation is 1. The van der Waals surface area contributed by atoms with Crippen molar-refractivity contribution in [3.8, 4) is 11.3 Å². The summed E-state index contributed by atoms with van der Waals surface area (Å²) in [4.78, 5) is 16.0. The first-order valence-corrected chi connectivity index (χ1v) is 15.8.